The van der Waals surface area contributed by atoms with E-state index in [1.807, 2.05) is 0 Å². The van der Waals surface area contributed by atoms with E-state index in [4.69, 9.17) is 4.74 Å². The molecule has 1 aliphatic rings. The highest BCUT2D eigenvalue weighted by atomic mass is 32.1. The van der Waals surface area contributed by atoms with Gasteiger partial charge in [-0.05, 0) is 25.8 Å². The van der Waals surface area contributed by atoms with Crippen LogP contribution in [0, 0.1) is 0 Å². The lowest BCUT2D eigenvalue weighted by molar-refractivity contribution is -0.145. The minimum atomic E-state index is -4.65. The highest BCUT2D eigenvalue weighted by Crippen LogP contribution is 2.41. The Bertz CT molecular complexity index is 880. The number of nitrogens with one attached hydrogen (secondary N) is 1. The summed E-state index contributed by atoms with van der Waals surface area (Å²) < 4.78 is 45.6. The lowest BCUT2D eigenvalue weighted by Crippen LogP contribution is -2.43. The molecule has 1 N–H and O–H groups in total. The van der Waals surface area contributed by atoms with Gasteiger partial charge in [-0.1, -0.05) is 0 Å². The maximum absolute atomic E-state index is 13.4. The quantitative estimate of drug-likeness (QED) is 0.572. The van der Waals surface area contributed by atoms with E-state index in [-0.39, 0.29) is 35.2 Å². The number of ether oxygens (including phenoxy) is 1. The summed E-state index contributed by atoms with van der Waals surface area (Å²) in [6.45, 7) is 1.74. The number of esters is 1. The summed E-state index contributed by atoms with van der Waals surface area (Å²) in [6.07, 6.45) is -2.14. The maximum atomic E-state index is 13.4. The standard InChI is InChI=1S/C16H17F3N4O3S/c1-2-26-15(25)11(7-27)22-14(24)9-6-20-23-12(16(17,18)19)5-10(8-3-4-8)21-13(9)23/h5-6,8,11,27H,2-4,7H2,1H3,(H,22,24)/t11-/m0/s1. The molecule has 11 heteroatoms. The third-order valence-corrected chi connectivity index (χ3v) is 4.45. The Kier molecular flexibility index (Phi) is 5.31. The van der Waals surface area contributed by atoms with Crippen molar-refractivity contribution in [1.29, 1.82) is 0 Å². The molecule has 0 radical (unpaired) electrons. The molecule has 3 rings (SSSR count). The van der Waals surface area contributed by atoms with Gasteiger partial charge < -0.3 is 10.1 Å². The molecule has 0 spiro atoms. The number of amides is 1. The van der Waals surface area contributed by atoms with Gasteiger partial charge in [0.05, 0.1) is 12.8 Å². The molecule has 0 unspecified atom stereocenters. The lowest BCUT2D eigenvalue weighted by Gasteiger charge is -2.15. The number of hydrogen-bond acceptors (Lipinski definition) is 6. The third kappa shape index (κ3) is 4.02. The SMILES string of the molecule is CCOC(=O)[C@H](CS)NC(=O)c1cnn2c(C(F)(F)F)cc(C3CC3)nc12. The Hall–Kier alpha value is -2.30. The summed E-state index contributed by atoms with van der Waals surface area (Å²) in [5.74, 6) is -1.53. The number of carbonyl (C=O) groups excluding carboxylic acids is 2. The fraction of sp³-hybridized carbons (Fsp3) is 0.500. The van der Waals surface area contributed by atoms with Crippen LogP contribution < -0.4 is 5.32 Å². The van der Waals surface area contributed by atoms with E-state index in [2.05, 4.69) is 28.0 Å². The van der Waals surface area contributed by atoms with Crippen molar-refractivity contribution in [3.8, 4) is 0 Å². The highest BCUT2D eigenvalue weighted by molar-refractivity contribution is 7.80. The lowest BCUT2D eigenvalue weighted by atomic mass is 10.2. The summed E-state index contributed by atoms with van der Waals surface area (Å²) in [4.78, 5) is 28.5. The second-order valence-corrected chi connectivity index (χ2v) is 6.46. The van der Waals surface area contributed by atoms with Gasteiger partial charge in [0.2, 0.25) is 0 Å². The van der Waals surface area contributed by atoms with Crippen LogP contribution in [0.2, 0.25) is 0 Å². The normalized spacial score (nSPS) is 15.6. The predicted octanol–water partition coefficient (Wildman–Crippen LogP) is 2.22. The van der Waals surface area contributed by atoms with Crippen LogP contribution in [0.15, 0.2) is 12.3 Å². The summed E-state index contributed by atoms with van der Waals surface area (Å²) in [5.41, 5.74) is -1.07. The van der Waals surface area contributed by atoms with Crippen LogP contribution in [-0.4, -0.2) is 44.9 Å². The molecule has 2 heterocycles. The second-order valence-electron chi connectivity index (χ2n) is 6.09. The maximum Gasteiger partial charge on any atom is 0.433 e. The van der Waals surface area contributed by atoms with E-state index in [0.717, 1.165) is 25.1 Å². The van der Waals surface area contributed by atoms with Gasteiger partial charge >= 0.3 is 12.1 Å². The Labute approximate surface area is 157 Å². The van der Waals surface area contributed by atoms with Crippen molar-refractivity contribution < 1.29 is 27.5 Å². The van der Waals surface area contributed by atoms with Gasteiger partial charge in [0.25, 0.3) is 5.91 Å². The van der Waals surface area contributed by atoms with Crippen molar-refractivity contribution in [1.82, 2.24) is 19.9 Å². The topological polar surface area (TPSA) is 85.6 Å². The van der Waals surface area contributed by atoms with Gasteiger partial charge in [0, 0.05) is 17.4 Å². The molecule has 0 aromatic carbocycles. The van der Waals surface area contributed by atoms with Crippen LogP contribution >= 0.6 is 12.6 Å². The fourth-order valence-electron chi connectivity index (χ4n) is 2.59. The molecular formula is C16H17F3N4O3S. The van der Waals surface area contributed by atoms with Gasteiger partial charge in [0.15, 0.2) is 5.65 Å². The molecular weight excluding hydrogens is 385 g/mol. The van der Waals surface area contributed by atoms with Crippen LogP contribution in [0.4, 0.5) is 13.2 Å². The molecule has 0 aliphatic heterocycles. The van der Waals surface area contributed by atoms with Gasteiger partial charge in [-0.15, -0.1) is 0 Å². The van der Waals surface area contributed by atoms with Crippen molar-refractivity contribution in [3.05, 3.63) is 29.2 Å². The number of fused-ring (bicyclic) bond motifs is 1. The Balaban J connectivity index is 1.98. The van der Waals surface area contributed by atoms with Crippen molar-refractivity contribution in [2.24, 2.45) is 0 Å². The van der Waals surface area contributed by atoms with E-state index < -0.39 is 29.8 Å². The molecule has 0 bridgehead atoms. The molecule has 27 heavy (non-hydrogen) atoms. The molecule has 2 aromatic heterocycles. The number of carbonyl (C=O) groups is 2. The van der Waals surface area contributed by atoms with E-state index >= 15 is 0 Å². The molecule has 146 valence electrons. The van der Waals surface area contributed by atoms with Crippen LogP contribution in [0.5, 0.6) is 0 Å². The Morgan fingerprint density at radius 2 is 2.15 bits per heavy atom. The summed E-state index contributed by atoms with van der Waals surface area (Å²) in [7, 11) is 0. The van der Waals surface area contributed by atoms with E-state index in [0.29, 0.717) is 4.52 Å². The van der Waals surface area contributed by atoms with Gasteiger partial charge in [-0.3, -0.25) is 4.79 Å². The molecule has 2 aromatic rings. The van der Waals surface area contributed by atoms with Crippen molar-refractivity contribution >= 4 is 30.2 Å². The van der Waals surface area contributed by atoms with E-state index in [1.165, 1.54) is 0 Å². The largest absolute Gasteiger partial charge is 0.464 e. The molecule has 7 nitrogen and oxygen atoms in total. The summed E-state index contributed by atoms with van der Waals surface area (Å²) in [6, 6.07) is -0.0708. The van der Waals surface area contributed by atoms with E-state index in [1.54, 1.807) is 6.92 Å². The number of thiol groups is 1. The second kappa shape index (κ2) is 7.37. The van der Waals surface area contributed by atoms with Crippen LogP contribution in [0.1, 0.15) is 47.4 Å². The Morgan fingerprint density at radius 3 is 2.70 bits per heavy atom. The molecule has 1 amide bonds. The first-order valence-corrected chi connectivity index (χ1v) is 8.93. The molecule has 0 saturated heterocycles. The minimum Gasteiger partial charge on any atom is -0.464 e. The molecule has 1 saturated carbocycles. The van der Waals surface area contributed by atoms with Crippen LogP contribution in [0.3, 0.4) is 0 Å². The number of hydrogen-bond donors (Lipinski definition) is 2. The summed E-state index contributed by atoms with van der Waals surface area (Å²) >= 11 is 4.00. The zero-order valence-electron chi connectivity index (χ0n) is 14.3. The number of alkyl halides is 3. The summed E-state index contributed by atoms with van der Waals surface area (Å²) in [5, 5.41) is 6.08. The number of aromatic nitrogens is 3. The van der Waals surface area contributed by atoms with Gasteiger partial charge in [0.1, 0.15) is 17.3 Å². The highest BCUT2D eigenvalue weighted by Gasteiger charge is 2.38. The minimum absolute atomic E-state index is 0.0294. The Morgan fingerprint density at radius 1 is 1.44 bits per heavy atom. The first-order chi connectivity index (χ1) is 12.8. The number of nitrogens with zero attached hydrogens (tertiary/aromatic N) is 3. The number of rotatable bonds is 6. The van der Waals surface area contributed by atoms with Crippen molar-refractivity contribution in [2.45, 2.75) is 37.9 Å². The first kappa shape index (κ1) is 19.5. The molecule has 1 fully saturated rings. The van der Waals surface area contributed by atoms with Gasteiger partial charge in [-0.2, -0.15) is 30.9 Å². The van der Waals surface area contributed by atoms with Crippen LogP contribution in [0.25, 0.3) is 5.65 Å². The van der Waals surface area contributed by atoms with Gasteiger partial charge in [-0.25, -0.2) is 14.3 Å². The zero-order chi connectivity index (χ0) is 19.8. The van der Waals surface area contributed by atoms with E-state index in [9.17, 15) is 22.8 Å². The molecule has 1 aliphatic carbocycles. The van der Waals surface area contributed by atoms with Crippen molar-refractivity contribution in [2.75, 3.05) is 12.4 Å². The fourth-order valence-corrected chi connectivity index (χ4v) is 2.83. The average Bonchev–Trinajstić information content (AvgIpc) is 3.37. The third-order valence-electron chi connectivity index (χ3n) is 4.08. The smallest absolute Gasteiger partial charge is 0.433 e. The molecule has 1 atom stereocenters. The van der Waals surface area contributed by atoms with Crippen molar-refractivity contribution in [3.63, 3.8) is 0 Å². The average molecular weight is 402 g/mol. The monoisotopic (exact) mass is 402 g/mol. The number of halogens is 3. The zero-order valence-corrected chi connectivity index (χ0v) is 15.2. The van der Waals surface area contributed by atoms with Crippen LogP contribution in [-0.2, 0) is 15.7 Å². The predicted molar refractivity (Wildman–Crippen MR) is 91.7 cm³/mol. The first-order valence-electron chi connectivity index (χ1n) is 8.30.